The standard InChI is InChI=1S/C14H19ClO3/c1-14(2,13(16)17)7-4-8-18-10-11-5-3-6-12(15)9-11/h3,5-6,9H,4,7-8,10H2,1-2H3,(H,16,17). The molecule has 0 saturated heterocycles. The van der Waals surface area contributed by atoms with E-state index in [1.165, 1.54) is 0 Å². The number of carboxylic acids is 1. The fraction of sp³-hybridized carbons (Fsp3) is 0.500. The summed E-state index contributed by atoms with van der Waals surface area (Å²) in [7, 11) is 0. The van der Waals surface area contributed by atoms with Crippen molar-refractivity contribution >= 4 is 17.6 Å². The van der Waals surface area contributed by atoms with Crippen LogP contribution in [0.3, 0.4) is 0 Å². The second kappa shape index (κ2) is 6.76. The zero-order valence-corrected chi connectivity index (χ0v) is 11.5. The van der Waals surface area contributed by atoms with E-state index in [1.54, 1.807) is 13.8 Å². The van der Waals surface area contributed by atoms with Gasteiger partial charge in [0.2, 0.25) is 0 Å². The normalized spacial score (nSPS) is 11.5. The van der Waals surface area contributed by atoms with Crippen molar-refractivity contribution in [1.29, 1.82) is 0 Å². The molecular formula is C14H19ClO3. The Balaban J connectivity index is 2.22. The van der Waals surface area contributed by atoms with E-state index in [4.69, 9.17) is 21.4 Å². The number of benzene rings is 1. The van der Waals surface area contributed by atoms with Crippen molar-refractivity contribution in [3.05, 3.63) is 34.9 Å². The van der Waals surface area contributed by atoms with Gasteiger partial charge in [-0.05, 0) is 44.4 Å². The molecule has 0 radical (unpaired) electrons. The second-order valence-electron chi connectivity index (χ2n) is 4.98. The van der Waals surface area contributed by atoms with Crippen molar-refractivity contribution in [2.75, 3.05) is 6.61 Å². The molecule has 0 aliphatic carbocycles. The van der Waals surface area contributed by atoms with Gasteiger partial charge in [0.05, 0.1) is 12.0 Å². The summed E-state index contributed by atoms with van der Waals surface area (Å²) in [5.74, 6) is -0.766. The van der Waals surface area contributed by atoms with Crippen LogP contribution in [0.4, 0.5) is 0 Å². The molecule has 1 aromatic carbocycles. The number of hydrogen-bond donors (Lipinski definition) is 1. The average molecular weight is 271 g/mol. The van der Waals surface area contributed by atoms with E-state index in [9.17, 15) is 4.79 Å². The van der Waals surface area contributed by atoms with Crippen molar-refractivity contribution in [3.63, 3.8) is 0 Å². The molecule has 0 aliphatic heterocycles. The van der Waals surface area contributed by atoms with Gasteiger partial charge < -0.3 is 9.84 Å². The van der Waals surface area contributed by atoms with E-state index in [0.717, 1.165) is 12.0 Å². The first-order chi connectivity index (χ1) is 8.42. The van der Waals surface area contributed by atoms with Gasteiger partial charge in [-0.25, -0.2) is 0 Å². The minimum atomic E-state index is -0.766. The first-order valence-electron chi connectivity index (χ1n) is 5.97. The van der Waals surface area contributed by atoms with Crippen LogP contribution in [0.5, 0.6) is 0 Å². The second-order valence-corrected chi connectivity index (χ2v) is 5.41. The molecule has 0 heterocycles. The summed E-state index contributed by atoms with van der Waals surface area (Å²) in [6, 6.07) is 7.52. The lowest BCUT2D eigenvalue weighted by atomic mass is 9.88. The molecule has 0 atom stereocenters. The molecular weight excluding hydrogens is 252 g/mol. The van der Waals surface area contributed by atoms with Crippen LogP contribution in [0.1, 0.15) is 32.3 Å². The summed E-state index contributed by atoms with van der Waals surface area (Å²) >= 11 is 5.86. The van der Waals surface area contributed by atoms with Crippen molar-refractivity contribution in [2.24, 2.45) is 5.41 Å². The summed E-state index contributed by atoms with van der Waals surface area (Å²) in [6.07, 6.45) is 1.34. The van der Waals surface area contributed by atoms with Crippen LogP contribution in [0.2, 0.25) is 5.02 Å². The summed E-state index contributed by atoms with van der Waals surface area (Å²) in [5.41, 5.74) is 0.347. The fourth-order valence-corrected chi connectivity index (χ4v) is 1.75. The smallest absolute Gasteiger partial charge is 0.309 e. The molecule has 0 amide bonds. The zero-order valence-electron chi connectivity index (χ0n) is 10.8. The molecule has 0 unspecified atom stereocenters. The molecule has 18 heavy (non-hydrogen) atoms. The number of ether oxygens (including phenoxy) is 1. The van der Waals surface area contributed by atoms with Crippen LogP contribution < -0.4 is 0 Å². The minimum Gasteiger partial charge on any atom is -0.481 e. The molecule has 0 saturated carbocycles. The first-order valence-corrected chi connectivity index (χ1v) is 6.35. The maximum absolute atomic E-state index is 10.9. The number of aliphatic carboxylic acids is 1. The van der Waals surface area contributed by atoms with Gasteiger partial charge in [0.1, 0.15) is 0 Å². The summed E-state index contributed by atoms with van der Waals surface area (Å²) in [6.45, 7) is 4.52. The lowest BCUT2D eigenvalue weighted by molar-refractivity contribution is -0.147. The van der Waals surface area contributed by atoms with Gasteiger partial charge in [-0.2, -0.15) is 0 Å². The maximum atomic E-state index is 10.9. The number of hydrogen-bond acceptors (Lipinski definition) is 2. The molecule has 0 fully saturated rings. The molecule has 0 bridgehead atoms. The molecule has 0 aromatic heterocycles. The Labute approximate surface area is 113 Å². The largest absolute Gasteiger partial charge is 0.481 e. The minimum absolute atomic E-state index is 0.508. The van der Waals surface area contributed by atoms with Crippen LogP contribution in [0, 0.1) is 5.41 Å². The summed E-state index contributed by atoms with van der Waals surface area (Å²) in [5, 5.41) is 9.65. The average Bonchev–Trinajstić information content (AvgIpc) is 2.28. The monoisotopic (exact) mass is 270 g/mol. The topological polar surface area (TPSA) is 46.5 Å². The third-order valence-corrected chi connectivity index (χ3v) is 3.06. The van der Waals surface area contributed by atoms with E-state index >= 15 is 0 Å². The van der Waals surface area contributed by atoms with Crippen molar-refractivity contribution in [2.45, 2.75) is 33.3 Å². The molecule has 3 nitrogen and oxygen atoms in total. The Morgan fingerprint density at radius 2 is 2.17 bits per heavy atom. The third-order valence-electron chi connectivity index (χ3n) is 2.83. The Kier molecular flexibility index (Phi) is 5.63. The van der Waals surface area contributed by atoms with Gasteiger partial charge in [-0.3, -0.25) is 4.79 Å². The number of rotatable bonds is 7. The predicted octanol–water partition coefficient (Wildman–Crippen LogP) is 3.75. The summed E-state index contributed by atoms with van der Waals surface area (Å²) in [4.78, 5) is 10.9. The first kappa shape index (κ1) is 15.0. The third kappa shape index (κ3) is 5.07. The van der Waals surface area contributed by atoms with E-state index in [-0.39, 0.29) is 0 Å². The van der Waals surface area contributed by atoms with Crippen molar-refractivity contribution in [3.8, 4) is 0 Å². The van der Waals surface area contributed by atoms with Gasteiger partial charge in [0.15, 0.2) is 0 Å². The highest BCUT2D eigenvalue weighted by Crippen LogP contribution is 2.22. The van der Waals surface area contributed by atoms with Gasteiger partial charge in [0, 0.05) is 11.6 Å². The molecule has 1 aromatic rings. The van der Waals surface area contributed by atoms with E-state index in [0.29, 0.717) is 24.7 Å². The molecule has 1 rings (SSSR count). The van der Waals surface area contributed by atoms with Gasteiger partial charge in [-0.15, -0.1) is 0 Å². The number of carboxylic acid groups (broad SMARTS) is 1. The van der Waals surface area contributed by atoms with Crippen LogP contribution in [0.25, 0.3) is 0 Å². The molecule has 100 valence electrons. The zero-order chi connectivity index (χ0) is 13.6. The number of carbonyl (C=O) groups is 1. The van der Waals surface area contributed by atoms with Gasteiger partial charge in [-0.1, -0.05) is 23.7 Å². The quantitative estimate of drug-likeness (QED) is 0.768. The van der Waals surface area contributed by atoms with Crippen molar-refractivity contribution in [1.82, 2.24) is 0 Å². The highest BCUT2D eigenvalue weighted by molar-refractivity contribution is 6.30. The van der Waals surface area contributed by atoms with Crippen LogP contribution in [-0.2, 0) is 16.1 Å². The highest BCUT2D eigenvalue weighted by atomic mass is 35.5. The van der Waals surface area contributed by atoms with E-state index in [2.05, 4.69) is 0 Å². The number of halogens is 1. The Bertz CT molecular complexity index is 402. The fourth-order valence-electron chi connectivity index (χ4n) is 1.54. The Hall–Kier alpha value is -1.06. The Morgan fingerprint density at radius 3 is 2.78 bits per heavy atom. The van der Waals surface area contributed by atoms with Gasteiger partial charge in [0.25, 0.3) is 0 Å². The van der Waals surface area contributed by atoms with Crippen LogP contribution in [-0.4, -0.2) is 17.7 Å². The van der Waals surface area contributed by atoms with Crippen LogP contribution >= 0.6 is 11.6 Å². The van der Waals surface area contributed by atoms with E-state index < -0.39 is 11.4 Å². The molecule has 0 spiro atoms. The van der Waals surface area contributed by atoms with Crippen LogP contribution in [0.15, 0.2) is 24.3 Å². The summed E-state index contributed by atoms with van der Waals surface area (Å²) < 4.78 is 5.50. The molecule has 1 N–H and O–H groups in total. The van der Waals surface area contributed by atoms with E-state index in [1.807, 2.05) is 24.3 Å². The van der Waals surface area contributed by atoms with Gasteiger partial charge >= 0.3 is 5.97 Å². The molecule has 0 aliphatic rings. The molecule has 4 heteroatoms. The SMILES string of the molecule is CC(C)(CCCOCc1cccc(Cl)c1)C(=O)O. The highest BCUT2D eigenvalue weighted by Gasteiger charge is 2.25. The maximum Gasteiger partial charge on any atom is 0.309 e. The lowest BCUT2D eigenvalue weighted by Gasteiger charge is -2.18. The van der Waals surface area contributed by atoms with Crippen molar-refractivity contribution < 1.29 is 14.6 Å². The Morgan fingerprint density at radius 1 is 1.44 bits per heavy atom. The lowest BCUT2D eigenvalue weighted by Crippen LogP contribution is -2.23. The predicted molar refractivity (Wildman–Crippen MR) is 71.8 cm³/mol.